The lowest BCUT2D eigenvalue weighted by Gasteiger charge is -2.42. The quantitative estimate of drug-likeness (QED) is 0.0696. The molecule has 6 aliphatic rings. The summed E-state index contributed by atoms with van der Waals surface area (Å²) < 4.78 is 5.66. The van der Waals surface area contributed by atoms with E-state index in [1.807, 2.05) is 0 Å². The van der Waals surface area contributed by atoms with E-state index in [1.165, 1.54) is 32.1 Å². The Balaban J connectivity index is 1.10. The number of carbonyl (C=O) groups excluding carboxylic acids is 2. The molecule has 0 aromatic carbocycles. The van der Waals surface area contributed by atoms with Crippen LogP contribution in [0.25, 0.3) is 0 Å². The van der Waals surface area contributed by atoms with Crippen LogP contribution in [-0.4, -0.2) is 94.9 Å². The van der Waals surface area contributed by atoms with E-state index in [4.69, 9.17) is 10.5 Å². The van der Waals surface area contributed by atoms with E-state index in [0.717, 1.165) is 58.0 Å². The van der Waals surface area contributed by atoms with Gasteiger partial charge < -0.3 is 41.5 Å². The van der Waals surface area contributed by atoms with Crippen molar-refractivity contribution in [2.24, 2.45) is 59.0 Å². The number of piperidine rings is 2. The van der Waals surface area contributed by atoms with Gasteiger partial charge >= 0.3 is 0 Å². The molecule has 0 amide bonds. The van der Waals surface area contributed by atoms with Gasteiger partial charge in [-0.05, 0) is 138 Å². The van der Waals surface area contributed by atoms with E-state index >= 15 is 0 Å². The van der Waals surface area contributed by atoms with Crippen LogP contribution in [0.5, 0.6) is 0 Å². The molecule has 3 saturated carbocycles. The first-order chi connectivity index (χ1) is 27.1. The largest absolute Gasteiger partial charge is 0.391 e. The number of aliphatic hydroxyl groups is 4. The Labute approximate surface area is 336 Å². The average molecular weight is 782 g/mol. The number of methoxy groups -OCH3 is 1. The van der Waals surface area contributed by atoms with Crippen molar-refractivity contribution >= 4 is 11.6 Å². The molecule has 2 heterocycles. The van der Waals surface area contributed by atoms with Crippen molar-refractivity contribution in [2.45, 2.75) is 178 Å². The zero-order chi connectivity index (χ0) is 39.6. The summed E-state index contributed by atoms with van der Waals surface area (Å²) >= 11 is 0. The van der Waals surface area contributed by atoms with Crippen LogP contribution in [0.4, 0.5) is 0 Å². The minimum absolute atomic E-state index is 0.0350. The third-order valence-electron chi connectivity index (χ3n) is 15.1. The lowest BCUT2D eigenvalue weighted by Crippen LogP contribution is -2.48. The molecule has 316 valence electrons. The zero-order valence-corrected chi connectivity index (χ0v) is 34.2. The molecule has 56 heavy (non-hydrogen) atoms. The number of rotatable bonds is 15. The standard InChI is InChI=1S/C46H75N3O7/c1-56-45-24-34-15-18-41(52)37(40(51)10-6-5-9-30-21-35-13-16-36(50)26-39(35)49-28-30)17-14-33(38(34)27-44(45)55)23-43(54)42(53)22-31(32-19-20-48-46(47)25-32)12-11-29-7-3-2-4-8-29/h11-12,29-35,37-40,42-46,48-49,51,53-55H,2-10,13,15-16,18-28,47H2,1H3/t30-,31+,32?,33+,34?,35+,37-,38?,39-,40-,42-,43+,44?,45?,46?/m1/s1. The van der Waals surface area contributed by atoms with Crippen LogP contribution in [0, 0.1) is 65.1 Å². The van der Waals surface area contributed by atoms with Gasteiger partial charge in [-0.1, -0.05) is 56.1 Å². The molecule has 10 heteroatoms. The first-order valence-corrected chi connectivity index (χ1v) is 22.8. The molecule has 0 aromatic rings. The second kappa shape index (κ2) is 21.5. The molecule has 15 atom stereocenters. The Morgan fingerprint density at radius 1 is 0.911 bits per heavy atom. The Hall–Kier alpha value is -1.68. The first kappa shape index (κ1) is 43.9. The molecule has 2 saturated heterocycles. The normalized spacial score (nSPS) is 38.2. The van der Waals surface area contributed by atoms with E-state index in [1.54, 1.807) is 7.11 Å². The summed E-state index contributed by atoms with van der Waals surface area (Å²) in [5, 5.41) is 52.9. The van der Waals surface area contributed by atoms with Gasteiger partial charge in [0.1, 0.15) is 17.5 Å². The highest BCUT2D eigenvalue weighted by atomic mass is 16.5. The van der Waals surface area contributed by atoms with E-state index < -0.39 is 30.3 Å². The van der Waals surface area contributed by atoms with Gasteiger partial charge in [0.15, 0.2) is 0 Å². The van der Waals surface area contributed by atoms with Crippen LogP contribution in [0.2, 0.25) is 0 Å². The summed E-state index contributed by atoms with van der Waals surface area (Å²) in [6.45, 7) is 1.79. The maximum atomic E-state index is 13.7. The average Bonchev–Trinajstić information content (AvgIpc) is 3.25. The topological polar surface area (TPSA) is 174 Å². The number of fused-ring (bicyclic) bond motifs is 2. The predicted molar refractivity (Wildman–Crippen MR) is 218 cm³/mol. The summed E-state index contributed by atoms with van der Waals surface area (Å²) in [4.78, 5) is 25.6. The number of carbonyl (C=O) groups is 2. The fraction of sp³-hybridized carbons (Fsp3) is 0.870. The number of Topliss-reactive ketones (excluding diaryl/α,β-unsaturated/α-hetero) is 2. The fourth-order valence-corrected chi connectivity index (χ4v) is 11.6. The van der Waals surface area contributed by atoms with Gasteiger partial charge in [0, 0.05) is 38.3 Å². The fourth-order valence-electron chi connectivity index (χ4n) is 11.6. The summed E-state index contributed by atoms with van der Waals surface area (Å²) in [5.74, 6) is 8.00. The Morgan fingerprint density at radius 3 is 2.50 bits per heavy atom. The van der Waals surface area contributed by atoms with Crippen molar-refractivity contribution in [3.63, 3.8) is 0 Å². The second-order valence-corrected chi connectivity index (χ2v) is 19.0. The van der Waals surface area contributed by atoms with Gasteiger partial charge in [-0.2, -0.15) is 0 Å². The van der Waals surface area contributed by atoms with Gasteiger partial charge in [-0.3, -0.25) is 9.59 Å². The van der Waals surface area contributed by atoms with Crippen LogP contribution < -0.4 is 16.4 Å². The summed E-state index contributed by atoms with van der Waals surface area (Å²) in [5.41, 5.74) is 6.34. The number of hydrogen-bond acceptors (Lipinski definition) is 10. The van der Waals surface area contributed by atoms with Gasteiger partial charge in [-0.25, -0.2) is 0 Å². The van der Waals surface area contributed by atoms with Crippen LogP contribution in [0.15, 0.2) is 12.2 Å². The summed E-state index contributed by atoms with van der Waals surface area (Å²) in [6.07, 6.45) is 18.4. The van der Waals surface area contributed by atoms with Crippen LogP contribution in [-0.2, 0) is 14.3 Å². The third-order valence-corrected chi connectivity index (χ3v) is 15.1. The van der Waals surface area contributed by atoms with Crippen molar-refractivity contribution in [3.05, 3.63) is 12.2 Å². The maximum Gasteiger partial charge on any atom is 0.150 e. The van der Waals surface area contributed by atoms with Crippen LogP contribution in [0.1, 0.15) is 135 Å². The van der Waals surface area contributed by atoms with Crippen molar-refractivity contribution in [1.82, 2.24) is 10.6 Å². The third kappa shape index (κ3) is 12.2. The Bertz CT molecular complexity index is 1340. The molecule has 10 nitrogen and oxygen atoms in total. The highest BCUT2D eigenvalue weighted by molar-refractivity contribution is 5.84. The SMILES string of the molecule is COC1CC2CCC(=O)[C@@H]([C@H](O)CCCC[C@H]3CN[C@@H]4CC(=O)CC[C@H]4C3)C#C[C@@H](C[C@H](O)[C@H](O)C[C@H](C=CC3CCCCC3)C3CCNC(N)C3)C2CC1O. The van der Waals surface area contributed by atoms with E-state index in [2.05, 4.69) is 34.6 Å². The number of allylic oxidation sites excluding steroid dienone is 2. The van der Waals surface area contributed by atoms with E-state index in [9.17, 15) is 30.0 Å². The lowest BCUT2D eigenvalue weighted by atomic mass is 9.67. The van der Waals surface area contributed by atoms with Crippen molar-refractivity contribution in [1.29, 1.82) is 0 Å². The Kier molecular flexibility index (Phi) is 16.9. The predicted octanol–water partition coefficient (Wildman–Crippen LogP) is 4.79. The van der Waals surface area contributed by atoms with Crippen molar-refractivity contribution < 1.29 is 34.8 Å². The molecular weight excluding hydrogens is 707 g/mol. The molecular formula is C46H75N3O7. The zero-order valence-electron chi connectivity index (χ0n) is 34.2. The van der Waals surface area contributed by atoms with E-state index in [-0.39, 0.29) is 48.1 Å². The minimum atomic E-state index is -1.02. The van der Waals surface area contributed by atoms with Gasteiger partial charge in [0.2, 0.25) is 0 Å². The minimum Gasteiger partial charge on any atom is -0.391 e. The molecule has 4 aliphatic carbocycles. The number of ketones is 2. The van der Waals surface area contributed by atoms with Gasteiger partial charge in [0.25, 0.3) is 0 Å². The van der Waals surface area contributed by atoms with Crippen molar-refractivity contribution in [3.8, 4) is 11.8 Å². The van der Waals surface area contributed by atoms with Gasteiger partial charge in [-0.15, -0.1) is 0 Å². The molecule has 0 aromatic heterocycles. The molecule has 5 fully saturated rings. The molecule has 6 unspecified atom stereocenters. The molecule has 2 aliphatic heterocycles. The highest BCUT2D eigenvalue weighted by Gasteiger charge is 2.42. The Morgan fingerprint density at radius 2 is 1.71 bits per heavy atom. The molecule has 0 bridgehead atoms. The maximum absolute atomic E-state index is 13.7. The lowest BCUT2D eigenvalue weighted by molar-refractivity contribution is -0.125. The number of ether oxygens (including phenoxy) is 1. The number of nitrogens with two attached hydrogens (primary N) is 1. The number of nitrogens with one attached hydrogen (secondary N) is 2. The molecule has 0 radical (unpaired) electrons. The summed E-state index contributed by atoms with van der Waals surface area (Å²) in [7, 11) is 1.62. The number of hydrogen-bond donors (Lipinski definition) is 7. The molecule has 6 rings (SSSR count). The molecule has 8 N–H and O–H groups in total. The van der Waals surface area contributed by atoms with Crippen LogP contribution in [0.3, 0.4) is 0 Å². The van der Waals surface area contributed by atoms with E-state index in [0.29, 0.717) is 86.9 Å². The first-order valence-electron chi connectivity index (χ1n) is 22.8. The smallest absolute Gasteiger partial charge is 0.150 e. The van der Waals surface area contributed by atoms with Gasteiger partial charge in [0.05, 0.1) is 36.7 Å². The molecule has 0 spiro atoms. The number of unbranched alkanes of at least 4 members (excludes halogenated alkanes) is 1. The summed E-state index contributed by atoms with van der Waals surface area (Å²) in [6, 6.07) is 0.340. The second-order valence-electron chi connectivity index (χ2n) is 19.0. The highest BCUT2D eigenvalue weighted by Crippen LogP contribution is 2.42. The monoisotopic (exact) mass is 782 g/mol. The van der Waals surface area contributed by atoms with Crippen LogP contribution >= 0.6 is 0 Å². The number of aliphatic hydroxyl groups excluding tert-OH is 4. The van der Waals surface area contributed by atoms with Crippen molar-refractivity contribution in [2.75, 3.05) is 20.2 Å².